The Balaban J connectivity index is 1.44. The van der Waals surface area contributed by atoms with Crippen LogP contribution in [0.15, 0.2) is 48.5 Å². The maximum absolute atomic E-state index is 13.1. The van der Waals surface area contributed by atoms with Gasteiger partial charge in [-0.1, -0.05) is 36.4 Å². The van der Waals surface area contributed by atoms with Crippen molar-refractivity contribution >= 4 is 23.5 Å². The van der Waals surface area contributed by atoms with Gasteiger partial charge in [-0.3, -0.25) is 19.4 Å². The predicted molar refractivity (Wildman–Crippen MR) is 112 cm³/mol. The van der Waals surface area contributed by atoms with Gasteiger partial charge in [0.1, 0.15) is 0 Å². The van der Waals surface area contributed by atoms with Crippen LogP contribution in [-0.2, 0) is 16.1 Å². The van der Waals surface area contributed by atoms with E-state index in [1.807, 2.05) is 18.2 Å². The largest absolute Gasteiger partial charge is 0.478 e. The molecule has 2 aliphatic rings. The number of hydrogen-bond donors (Lipinski definition) is 1. The van der Waals surface area contributed by atoms with Crippen LogP contribution in [0.1, 0.15) is 27.9 Å². The van der Waals surface area contributed by atoms with E-state index in [0.29, 0.717) is 11.3 Å². The number of piperazine rings is 1. The summed E-state index contributed by atoms with van der Waals surface area (Å²) in [5, 5.41) is 9.26. The molecule has 0 saturated carbocycles. The molecule has 7 heteroatoms. The highest BCUT2D eigenvalue weighted by Gasteiger charge is 2.43. The third-order valence-electron chi connectivity index (χ3n) is 5.92. The first kappa shape index (κ1) is 20.3. The monoisotopic (exact) mass is 407 g/mol. The van der Waals surface area contributed by atoms with Crippen LogP contribution in [0.3, 0.4) is 0 Å². The van der Waals surface area contributed by atoms with Crippen LogP contribution < -0.4 is 4.90 Å². The Labute approximate surface area is 175 Å². The molecule has 4 rings (SSSR count). The molecule has 0 aromatic heterocycles. The molecule has 0 radical (unpaired) electrons. The second kappa shape index (κ2) is 8.38. The Bertz CT molecular complexity index is 968. The van der Waals surface area contributed by atoms with Gasteiger partial charge in [0.05, 0.1) is 23.7 Å². The number of hydrogen-bond acceptors (Lipinski definition) is 5. The third kappa shape index (κ3) is 3.99. The molecule has 0 spiro atoms. The van der Waals surface area contributed by atoms with E-state index in [1.165, 1.54) is 22.6 Å². The predicted octanol–water partition coefficient (Wildman–Crippen LogP) is 2.14. The standard InChI is InChI=1S/C23H25N3O4/c1-16-7-8-18(23(29)30)13-19(16)26-21(27)14-20(22(26)28)25-11-9-24(10-12-25)15-17-5-3-2-4-6-17/h2-8,13,20H,9-12,14-15H2,1H3,(H,29,30). The SMILES string of the molecule is Cc1ccc(C(=O)O)cc1N1C(=O)CC(N2CCN(Cc3ccccc3)CC2)C1=O. The van der Waals surface area contributed by atoms with Gasteiger partial charge in [-0.25, -0.2) is 9.69 Å². The van der Waals surface area contributed by atoms with E-state index in [-0.39, 0.29) is 23.8 Å². The number of aryl methyl sites for hydroxylation is 1. The lowest BCUT2D eigenvalue weighted by Gasteiger charge is -2.37. The Morgan fingerprint density at radius 1 is 1.03 bits per heavy atom. The average molecular weight is 407 g/mol. The highest BCUT2D eigenvalue weighted by atomic mass is 16.4. The van der Waals surface area contributed by atoms with E-state index in [9.17, 15) is 19.5 Å². The minimum absolute atomic E-state index is 0.0641. The Morgan fingerprint density at radius 3 is 2.40 bits per heavy atom. The van der Waals surface area contributed by atoms with Crippen molar-refractivity contribution in [1.29, 1.82) is 0 Å². The summed E-state index contributed by atoms with van der Waals surface area (Å²) < 4.78 is 0. The number of carbonyl (C=O) groups excluding carboxylic acids is 2. The van der Waals surface area contributed by atoms with Crippen molar-refractivity contribution in [2.75, 3.05) is 31.1 Å². The number of rotatable bonds is 5. The third-order valence-corrected chi connectivity index (χ3v) is 5.92. The Kier molecular flexibility index (Phi) is 5.65. The summed E-state index contributed by atoms with van der Waals surface area (Å²) in [6, 6.07) is 14.3. The van der Waals surface area contributed by atoms with Crippen LogP contribution in [-0.4, -0.2) is 64.9 Å². The lowest BCUT2D eigenvalue weighted by Crippen LogP contribution is -2.52. The van der Waals surface area contributed by atoms with Gasteiger partial charge in [0.25, 0.3) is 5.91 Å². The fourth-order valence-electron chi connectivity index (χ4n) is 4.21. The molecule has 2 amide bonds. The van der Waals surface area contributed by atoms with Crippen LogP contribution in [0.4, 0.5) is 5.69 Å². The van der Waals surface area contributed by atoms with Gasteiger partial charge >= 0.3 is 5.97 Å². The Hall–Kier alpha value is -3.03. The molecular weight excluding hydrogens is 382 g/mol. The van der Waals surface area contributed by atoms with Gasteiger partial charge in [-0.15, -0.1) is 0 Å². The van der Waals surface area contributed by atoms with Crippen LogP contribution in [0, 0.1) is 6.92 Å². The van der Waals surface area contributed by atoms with E-state index < -0.39 is 12.0 Å². The summed E-state index contributed by atoms with van der Waals surface area (Å²) in [7, 11) is 0. The fourth-order valence-corrected chi connectivity index (χ4v) is 4.21. The van der Waals surface area contributed by atoms with E-state index >= 15 is 0 Å². The van der Waals surface area contributed by atoms with Crippen LogP contribution in [0.5, 0.6) is 0 Å². The van der Waals surface area contributed by atoms with Crippen molar-refractivity contribution in [3.8, 4) is 0 Å². The zero-order valence-corrected chi connectivity index (χ0v) is 17.0. The first-order valence-corrected chi connectivity index (χ1v) is 10.1. The minimum Gasteiger partial charge on any atom is -0.478 e. The molecule has 1 atom stereocenters. The van der Waals surface area contributed by atoms with Gasteiger partial charge in [0.15, 0.2) is 0 Å². The maximum atomic E-state index is 13.1. The first-order chi connectivity index (χ1) is 14.4. The van der Waals surface area contributed by atoms with Crippen molar-refractivity contribution in [2.24, 2.45) is 0 Å². The number of amides is 2. The van der Waals surface area contributed by atoms with E-state index in [4.69, 9.17) is 0 Å². The zero-order valence-electron chi connectivity index (χ0n) is 17.0. The molecule has 156 valence electrons. The first-order valence-electron chi connectivity index (χ1n) is 10.1. The number of benzene rings is 2. The van der Waals surface area contributed by atoms with Crippen molar-refractivity contribution in [2.45, 2.75) is 25.9 Å². The van der Waals surface area contributed by atoms with Gasteiger partial charge < -0.3 is 5.11 Å². The maximum Gasteiger partial charge on any atom is 0.335 e. The summed E-state index contributed by atoms with van der Waals surface area (Å²) >= 11 is 0. The van der Waals surface area contributed by atoms with Crippen molar-refractivity contribution < 1.29 is 19.5 Å². The lowest BCUT2D eigenvalue weighted by molar-refractivity contribution is -0.123. The van der Waals surface area contributed by atoms with Crippen LogP contribution in [0.2, 0.25) is 0 Å². The topological polar surface area (TPSA) is 81.2 Å². The molecular formula is C23H25N3O4. The molecule has 30 heavy (non-hydrogen) atoms. The highest BCUT2D eigenvalue weighted by molar-refractivity contribution is 6.23. The number of carboxylic acids is 1. The van der Waals surface area contributed by atoms with E-state index in [0.717, 1.165) is 32.7 Å². The minimum atomic E-state index is -1.08. The second-order valence-corrected chi connectivity index (χ2v) is 7.89. The molecule has 0 bridgehead atoms. The molecule has 0 aliphatic carbocycles. The average Bonchev–Trinajstić information content (AvgIpc) is 3.03. The molecule has 2 saturated heterocycles. The highest BCUT2D eigenvalue weighted by Crippen LogP contribution is 2.30. The fraction of sp³-hybridized carbons (Fsp3) is 0.348. The lowest BCUT2D eigenvalue weighted by atomic mass is 10.1. The number of carboxylic acid groups (broad SMARTS) is 1. The molecule has 2 heterocycles. The molecule has 2 aromatic carbocycles. The normalized spacial score (nSPS) is 20.7. The number of nitrogens with zero attached hydrogens (tertiary/aromatic N) is 3. The van der Waals surface area contributed by atoms with Crippen molar-refractivity contribution in [1.82, 2.24) is 9.80 Å². The van der Waals surface area contributed by atoms with Crippen molar-refractivity contribution in [3.05, 3.63) is 65.2 Å². The second-order valence-electron chi connectivity index (χ2n) is 7.89. The molecule has 2 aliphatic heterocycles. The summed E-state index contributed by atoms with van der Waals surface area (Å²) in [6.45, 7) is 5.76. The molecule has 1 N–H and O–H groups in total. The van der Waals surface area contributed by atoms with Gasteiger partial charge in [0.2, 0.25) is 5.91 Å². The molecule has 2 aromatic rings. The van der Waals surface area contributed by atoms with Gasteiger partial charge in [-0.05, 0) is 30.2 Å². The quantitative estimate of drug-likeness (QED) is 0.765. The number of aromatic carboxylic acids is 1. The number of carbonyl (C=O) groups is 3. The van der Waals surface area contributed by atoms with E-state index in [1.54, 1.807) is 13.0 Å². The summed E-state index contributed by atoms with van der Waals surface area (Å²) in [6.07, 6.45) is 0.133. The molecule has 1 unspecified atom stereocenters. The molecule has 7 nitrogen and oxygen atoms in total. The summed E-state index contributed by atoms with van der Waals surface area (Å²) in [4.78, 5) is 42.7. The van der Waals surface area contributed by atoms with Gasteiger partial charge in [0, 0.05) is 32.7 Å². The summed E-state index contributed by atoms with van der Waals surface area (Å²) in [5.41, 5.74) is 2.40. The zero-order chi connectivity index (χ0) is 21.3. The number of imide groups is 1. The number of anilines is 1. The van der Waals surface area contributed by atoms with E-state index in [2.05, 4.69) is 21.9 Å². The molecule has 2 fully saturated rings. The Morgan fingerprint density at radius 2 is 1.73 bits per heavy atom. The van der Waals surface area contributed by atoms with Crippen LogP contribution >= 0.6 is 0 Å². The summed E-state index contributed by atoms with van der Waals surface area (Å²) in [5.74, 6) is -1.62. The smallest absolute Gasteiger partial charge is 0.335 e. The van der Waals surface area contributed by atoms with Gasteiger partial charge in [-0.2, -0.15) is 0 Å². The van der Waals surface area contributed by atoms with Crippen LogP contribution in [0.25, 0.3) is 0 Å². The van der Waals surface area contributed by atoms with Crippen molar-refractivity contribution in [3.63, 3.8) is 0 Å².